The van der Waals surface area contributed by atoms with Gasteiger partial charge in [0.2, 0.25) is 0 Å². The molecule has 0 saturated heterocycles. The van der Waals surface area contributed by atoms with E-state index in [1.54, 1.807) is 0 Å². The van der Waals surface area contributed by atoms with Gasteiger partial charge in [-0.3, -0.25) is 0 Å². The molecule has 1 N–H and O–H groups in total. The maximum absolute atomic E-state index is 11.8. The first kappa shape index (κ1) is 15.9. The lowest BCUT2D eigenvalue weighted by Gasteiger charge is -2.08. The van der Waals surface area contributed by atoms with Gasteiger partial charge in [0.05, 0.1) is 13.2 Å². The van der Waals surface area contributed by atoms with E-state index in [4.69, 9.17) is 9.47 Å². The van der Waals surface area contributed by atoms with Crippen molar-refractivity contribution in [1.29, 1.82) is 0 Å². The molecule has 0 aliphatic rings. The standard InChI is InChI=1S/C14H21F2NO2/c1-2-8-19-13-5-3-12(4-6-13)10-17-7-9-18-11-14(15)16/h3-6,14,17H,2,7-11H2,1H3. The molecule has 1 aromatic rings. The summed E-state index contributed by atoms with van der Waals surface area (Å²) in [5.74, 6) is 0.867. The minimum Gasteiger partial charge on any atom is -0.494 e. The fourth-order valence-electron chi connectivity index (χ4n) is 1.47. The summed E-state index contributed by atoms with van der Waals surface area (Å²) in [5, 5.41) is 3.13. The summed E-state index contributed by atoms with van der Waals surface area (Å²) in [7, 11) is 0. The smallest absolute Gasteiger partial charge is 0.261 e. The Balaban J connectivity index is 2.12. The first-order valence-electron chi connectivity index (χ1n) is 6.50. The van der Waals surface area contributed by atoms with Gasteiger partial charge in [-0.1, -0.05) is 19.1 Å². The maximum Gasteiger partial charge on any atom is 0.261 e. The van der Waals surface area contributed by atoms with Crippen LogP contribution in [-0.2, 0) is 11.3 Å². The van der Waals surface area contributed by atoms with Crippen molar-refractivity contribution in [2.24, 2.45) is 0 Å². The molecular formula is C14H21F2NO2. The van der Waals surface area contributed by atoms with Gasteiger partial charge in [-0.15, -0.1) is 0 Å². The van der Waals surface area contributed by atoms with Crippen LogP contribution >= 0.6 is 0 Å². The Kier molecular flexibility index (Phi) is 8.09. The van der Waals surface area contributed by atoms with Crippen LogP contribution in [0.2, 0.25) is 0 Å². The summed E-state index contributed by atoms with van der Waals surface area (Å²) >= 11 is 0. The lowest BCUT2D eigenvalue weighted by molar-refractivity contribution is 0.0187. The Morgan fingerprint density at radius 3 is 2.53 bits per heavy atom. The summed E-state index contributed by atoms with van der Waals surface area (Å²) in [4.78, 5) is 0. The number of halogens is 2. The average molecular weight is 273 g/mol. The first-order chi connectivity index (χ1) is 9.22. The third kappa shape index (κ3) is 7.74. The molecule has 0 heterocycles. The van der Waals surface area contributed by atoms with Crippen molar-refractivity contribution in [2.45, 2.75) is 26.3 Å². The molecule has 0 spiro atoms. The minimum atomic E-state index is -2.39. The van der Waals surface area contributed by atoms with Crippen LogP contribution in [0.15, 0.2) is 24.3 Å². The van der Waals surface area contributed by atoms with E-state index < -0.39 is 13.0 Å². The van der Waals surface area contributed by atoms with Crippen molar-refractivity contribution in [3.63, 3.8) is 0 Å². The molecule has 0 saturated carbocycles. The van der Waals surface area contributed by atoms with E-state index in [1.165, 1.54) is 0 Å². The second-order valence-corrected chi connectivity index (χ2v) is 4.14. The topological polar surface area (TPSA) is 30.5 Å². The van der Waals surface area contributed by atoms with Crippen LogP contribution in [0.3, 0.4) is 0 Å². The zero-order valence-electron chi connectivity index (χ0n) is 11.2. The number of ether oxygens (including phenoxy) is 2. The molecule has 3 nitrogen and oxygen atoms in total. The Bertz CT molecular complexity index is 331. The highest BCUT2D eigenvalue weighted by molar-refractivity contribution is 5.27. The molecule has 0 atom stereocenters. The summed E-state index contributed by atoms with van der Waals surface area (Å²) in [6, 6.07) is 7.83. The van der Waals surface area contributed by atoms with E-state index in [2.05, 4.69) is 12.2 Å². The van der Waals surface area contributed by atoms with Crippen LogP contribution in [0.4, 0.5) is 8.78 Å². The highest BCUT2D eigenvalue weighted by Crippen LogP contribution is 2.12. The lowest BCUT2D eigenvalue weighted by Crippen LogP contribution is -2.20. The van der Waals surface area contributed by atoms with Gasteiger partial charge >= 0.3 is 0 Å². The van der Waals surface area contributed by atoms with Gasteiger partial charge in [0.15, 0.2) is 0 Å². The summed E-state index contributed by atoms with van der Waals surface area (Å²) in [6.45, 7) is 3.83. The van der Waals surface area contributed by atoms with Crippen LogP contribution in [0, 0.1) is 0 Å². The fourth-order valence-corrected chi connectivity index (χ4v) is 1.47. The Labute approximate surface area is 112 Å². The first-order valence-corrected chi connectivity index (χ1v) is 6.50. The van der Waals surface area contributed by atoms with Gasteiger partial charge < -0.3 is 14.8 Å². The third-order valence-electron chi connectivity index (χ3n) is 2.39. The van der Waals surface area contributed by atoms with E-state index in [1.807, 2.05) is 24.3 Å². The normalized spacial score (nSPS) is 10.9. The molecule has 1 aromatic carbocycles. The summed E-state index contributed by atoms with van der Waals surface area (Å²) < 4.78 is 33.8. The molecule has 0 fully saturated rings. The van der Waals surface area contributed by atoms with Crippen molar-refractivity contribution in [3.05, 3.63) is 29.8 Å². The van der Waals surface area contributed by atoms with Crippen LogP contribution in [0.1, 0.15) is 18.9 Å². The largest absolute Gasteiger partial charge is 0.494 e. The van der Waals surface area contributed by atoms with Crippen molar-refractivity contribution in [3.8, 4) is 5.75 Å². The molecule has 0 aliphatic carbocycles. The number of alkyl halides is 2. The number of hydrogen-bond acceptors (Lipinski definition) is 3. The minimum absolute atomic E-state index is 0.294. The molecule has 5 heteroatoms. The number of nitrogens with one attached hydrogen (secondary N) is 1. The number of benzene rings is 1. The van der Waals surface area contributed by atoms with Crippen molar-refractivity contribution in [2.75, 3.05) is 26.4 Å². The highest BCUT2D eigenvalue weighted by Gasteiger charge is 2.00. The van der Waals surface area contributed by atoms with Crippen molar-refractivity contribution >= 4 is 0 Å². The highest BCUT2D eigenvalue weighted by atomic mass is 19.3. The molecule has 0 bridgehead atoms. The van der Waals surface area contributed by atoms with E-state index in [-0.39, 0.29) is 0 Å². The van der Waals surface area contributed by atoms with E-state index >= 15 is 0 Å². The predicted molar refractivity (Wildman–Crippen MR) is 70.8 cm³/mol. The van der Waals surface area contributed by atoms with Crippen LogP contribution in [0.5, 0.6) is 5.75 Å². The number of rotatable bonds is 10. The van der Waals surface area contributed by atoms with Gasteiger partial charge in [-0.05, 0) is 24.1 Å². The van der Waals surface area contributed by atoms with Gasteiger partial charge in [-0.2, -0.15) is 0 Å². The Hall–Kier alpha value is -1.20. The van der Waals surface area contributed by atoms with Crippen LogP contribution in [0.25, 0.3) is 0 Å². The monoisotopic (exact) mass is 273 g/mol. The van der Waals surface area contributed by atoms with Crippen molar-refractivity contribution in [1.82, 2.24) is 5.32 Å². The molecule has 0 aliphatic heterocycles. The average Bonchev–Trinajstić information content (AvgIpc) is 2.41. The third-order valence-corrected chi connectivity index (χ3v) is 2.39. The van der Waals surface area contributed by atoms with E-state index in [0.29, 0.717) is 19.7 Å². The van der Waals surface area contributed by atoms with Crippen LogP contribution < -0.4 is 10.1 Å². The zero-order chi connectivity index (χ0) is 13.9. The summed E-state index contributed by atoms with van der Waals surface area (Å²) in [6.07, 6.45) is -1.40. The predicted octanol–water partition coefficient (Wildman–Crippen LogP) is 2.85. The SMILES string of the molecule is CCCOc1ccc(CNCCOCC(F)F)cc1. The maximum atomic E-state index is 11.8. The molecule has 1 rings (SSSR count). The van der Waals surface area contributed by atoms with E-state index in [0.717, 1.165) is 24.3 Å². The Morgan fingerprint density at radius 1 is 1.16 bits per heavy atom. The molecule has 0 radical (unpaired) electrons. The molecule has 0 unspecified atom stereocenters. The molecule has 0 amide bonds. The Morgan fingerprint density at radius 2 is 1.89 bits per heavy atom. The second-order valence-electron chi connectivity index (χ2n) is 4.14. The molecule has 19 heavy (non-hydrogen) atoms. The fraction of sp³-hybridized carbons (Fsp3) is 0.571. The molecule has 108 valence electrons. The van der Waals surface area contributed by atoms with Gasteiger partial charge in [-0.25, -0.2) is 8.78 Å². The van der Waals surface area contributed by atoms with Crippen LogP contribution in [-0.4, -0.2) is 32.8 Å². The number of hydrogen-bond donors (Lipinski definition) is 1. The van der Waals surface area contributed by atoms with E-state index in [9.17, 15) is 8.78 Å². The van der Waals surface area contributed by atoms with Crippen molar-refractivity contribution < 1.29 is 18.3 Å². The zero-order valence-corrected chi connectivity index (χ0v) is 11.2. The second kappa shape index (κ2) is 9.69. The quantitative estimate of drug-likeness (QED) is 0.665. The lowest BCUT2D eigenvalue weighted by atomic mass is 10.2. The van der Waals surface area contributed by atoms with Gasteiger partial charge in [0.1, 0.15) is 12.4 Å². The molecule has 0 aromatic heterocycles. The van der Waals surface area contributed by atoms with Gasteiger partial charge in [0, 0.05) is 13.1 Å². The van der Waals surface area contributed by atoms with Gasteiger partial charge in [0.25, 0.3) is 6.43 Å². The summed E-state index contributed by atoms with van der Waals surface area (Å²) in [5.41, 5.74) is 1.12. The molecular weight excluding hydrogens is 252 g/mol.